The summed E-state index contributed by atoms with van der Waals surface area (Å²) in [6.07, 6.45) is 4.23. The summed E-state index contributed by atoms with van der Waals surface area (Å²) in [5, 5.41) is 0. The molecule has 0 rings (SSSR count). The molecule has 0 spiro atoms. The van der Waals surface area contributed by atoms with Crippen LogP contribution in [0.15, 0.2) is 24.3 Å². The molecular formula is C14H24O4. The summed E-state index contributed by atoms with van der Waals surface area (Å²) < 4.78 is 15.1. The highest BCUT2D eigenvalue weighted by atomic mass is 16.7. The number of ether oxygens (including phenoxy) is 3. The quantitative estimate of drug-likeness (QED) is 0.380. The third-order valence-corrected chi connectivity index (χ3v) is 2.58. The van der Waals surface area contributed by atoms with Crippen LogP contribution >= 0.6 is 0 Å². The van der Waals surface area contributed by atoms with Gasteiger partial charge in [-0.15, -0.1) is 0 Å². The zero-order valence-corrected chi connectivity index (χ0v) is 12.0. The van der Waals surface area contributed by atoms with Crippen molar-refractivity contribution in [1.82, 2.24) is 0 Å². The molecule has 104 valence electrons. The zero-order chi connectivity index (χ0) is 14.2. The smallest absolute Gasteiger partial charge is 0.364 e. The maximum Gasteiger partial charge on any atom is 0.364 e. The summed E-state index contributed by atoms with van der Waals surface area (Å²) in [5.41, 5.74) is 0.526. The summed E-state index contributed by atoms with van der Waals surface area (Å²) in [6.45, 7) is 9.60. The lowest BCUT2D eigenvalue weighted by Gasteiger charge is -2.27. The van der Waals surface area contributed by atoms with E-state index in [2.05, 4.69) is 12.7 Å². The first-order valence-corrected chi connectivity index (χ1v) is 5.94. The van der Waals surface area contributed by atoms with Crippen LogP contribution in [0.5, 0.6) is 0 Å². The van der Waals surface area contributed by atoms with Gasteiger partial charge in [-0.2, -0.15) is 0 Å². The second-order valence-electron chi connectivity index (χ2n) is 4.56. The van der Waals surface area contributed by atoms with Crippen LogP contribution in [0, 0.1) is 0 Å². The highest BCUT2D eigenvalue weighted by Gasteiger charge is 2.29. The van der Waals surface area contributed by atoms with Crippen molar-refractivity contribution < 1.29 is 19.0 Å². The van der Waals surface area contributed by atoms with E-state index in [0.29, 0.717) is 6.42 Å². The molecule has 0 aromatic heterocycles. The van der Waals surface area contributed by atoms with Gasteiger partial charge in [-0.05, 0) is 39.7 Å². The molecule has 0 aliphatic rings. The number of carbonyl (C=O) groups excluding carboxylic acids is 1. The Balaban J connectivity index is 4.51. The highest BCUT2D eigenvalue weighted by Crippen LogP contribution is 2.21. The maximum absolute atomic E-state index is 11.7. The molecule has 0 bridgehead atoms. The first-order valence-electron chi connectivity index (χ1n) is 5.94. The van der Waals surface area contributed by atoms with Crippen molar-refractivity contribution in [3.8, 4) is 0 Å². The summed E-state index contributed by atoms with van der Waals surface area (Å²) in [7, 11) is 2.79. The van der Waals surface area contributed by atoms with Gasteiger partial charge >= 0.3 is 5.97 Å². The van der Waals surface area contributed by atoms with E-state index in [1.165, 1.54) is 19.8 Å². The Bertz CT molecular complexity index is 301. The zero-order valence-electron chi connectivity index (χ0n) is 12.0. The lowest BCUT2D eigenvalue weighted by molar-refractivity contribution is -0.193. The van der Waals surface area contributed by atoms with Crippen molar-refractivity contribution in [1.29, 1.82) is 0 Å². The second kappa shape index (κ2) is 8.06. The number of esters is 1. The van der Waals surface area contributed by atoms with E-state index in [1.54, 1.807) is 6.08 Å². The predicted molar refractivity (Wildman–Crippen MR) is 71.2 cm³/mol. The van der Waals surface area contributed by atoms with Gasteiger partial charge in [-0.1, -0.05) is 18.2 Å². The first kappa shape index (κ1) is 16.9. The van der Waals surface area contributed by atoms with Crippen molar-refractivity contribution in [2.75, 3.05) is 14.2 Å². The molecule has 4 nitrogen and oxygen atoms in total. The Hall–Kier alpha value is -1.13. The number of carbonyl (C=O) groups is 1. The van der Waals surface area contributed by atoms with Crippen LogP contribution in [0.2, 0.25) is 0 Å². The molecule has 0 N–H and O–H groups in total. The summed E-state index contributed by atoms with van der Waals surface area (Å²) in [5.74, 6) is -0.542. The number of hydrogen-bond donors (Lipinski definition) is 0. The third-order valence-electron chi connectivity index (χ3n) is 2.58. The van der Waals surface area contributed by atoms with E-state index in [9.17, 15) is 4.79 Å². The van der Waals surface area contributed by atoms with Crippen LogP contribution < -0.4 is 0 Å². The molecule has 0 amide bonds. The van der Waals surface area contributed by atoms with Gasteiger partial charge < -0.3 is 14.2 Å². The largest absolute Gasteiger partial charge is 0.451 e. The fraction of sp³-hybridized carbons (Fsp3) is 0.643. The molecule has 0 aromatic carbocycles. The minimum atomic E-state index is -0.993. The fourth-order valence-corrected chi connectivity index (χ4v) is 1.41. The van der Waals surface area contributed by atoms with E-state index in [0.717, 1.165) is 6.42 Å². The average molecular weight is 256 g/mol. The van der Waals surface area contributed by atoms with Gasteiger partial charge in [0.2, 0.25) is 0 Å². The maximum atomic E-state index is 11.7. The molecule has 0 saturated carbocycles. The van der Waals surface area contributed by atoms with Crippen molar-refractivity contribution in [3.63, 3.8) is 0 Å². The molecule has 1 atom stereocenters. The fourth-order valence-electron chi connectivity index (χ4n) is 1.41. The Morgan fingerprint density at radius 2 is 1.89 bits per heavy atom. The molecule has 1 unspecified atom stereocenters. The normalized spacial score (nSPS) is 13.9. The Morgan fingerprint density at radius 3 is 2.28 bits per heavy atom. The van der Waals surface area contributed by atoms with E-state index in [-0.39, 0.29) is 0 Å². The molecule has 0 heterocycles. The van der Waals surface area contributed by atoms with Gasteiger partial charge in [0.05, 0.1) is 0 Å². The lowest BCUT2D eigenvalue weighted by atomic mass is 9.99. The molecule has 0 aromatic rings. The molecule has 0 aliphatic heterocycles. The SMILES string of the molecule is C=CC(C)(CCC=C(C)C)OC(=O)C(OC)OC. The standard InChI is InChI=1S/C14H24O4/c1-7-14(4,10-8-9-11(2)3)18-12(15)13(16-5)17-6/h7,9,13H,1,8,10H2,2-6H3. The van der Waals surface area contributed by atoms with Crippen LogP contribution in [0.1, 0.15) is 33.6 Å². The van der Waals surface area contributed by atoms with Crippen molar-refractivity contribution >= 4 is 5.97 Å². The van der Waals surface area contributed by atoms with Gasteiger partial charge in [0.25, 0.3) is 6.29 Å². The van der Waals surface area contributed by atoms with Gasteiger partial charge in [0.15, 0.2) is 0 Å². The minimum absolute atomic E-state index is 0.542. The molecule has 18 heavy (non-hydrogen) atoms. The van der Waals surface area contributed by atoms with Crippen LogP contribution in [-0.2, 0) is 19.0 Å². The topological polar surface area (TPSA) is 44.8 Å². The second-order valence-corrected chi connectivity index (χ2v) is 4.56. The average Bonchev–Trinajstić information content (AvgIpc) is 2.30. The number of rotatable bonds is 8. The van der Waals surface area contributed by atoms with Gasteiger partial charge in [-0.25, -0.2) is 4.79 Å². The van der Waals surface area contributed by atoms with E-state index >= 15 is 0 Å². The van der Waals surface area contributed by atoms with Crippen LogP contribution in [0.4, 0.5) is 0 Å². The van der Waals surface area contributed by atoms with Crippen LogP contribution in [-0.4, -0.2) is 32.1 Å². The minimum Gasteiger partial charge on any atom is -0.451 e. The van der Waals surface area contributed by atoms with Crippen LogP contribution in [0.25, 0.3) is 0 Å². The molecule has 0 fully saturated rings. The van der Waals surface area contributed by atoms with E-state index in [4.69, 9.17) is 14.2 Å². The number of allylic oxidation sites excluding steroid dienone is 2. The summed E-state index contributed by atoms with van der Waals surface area (Å²) in [4.78, 5) is 11.7. The number of hydrogen-bond acceptors (Lipinski definition) is 4. The molecule has 0 saturated heterocycles. The van der Waals surface area contributed by atoms with Crippen molar-refractivity contribution in [2.45, 2.75) is 45.5 Å². The Kier molecular flexibility index (Phi) is 7.55. The molecule has 0 aliphatic carbocycles. The molecule has 4 heteroatoms. The van der Waals surface area contributed by atoms with E-state index < -0.39 is 17.9 Å². The summed E-state index contributed by atoms with van der Waals surface area (Å²) >= 11 is 0. The third kappa shape index (κ3) is 5.98. The monoisotopic (exact) mass is 256 g/mol. The lowest BCUT2D eigenvalue weighted by Crippen LogP contribution is -2.36. The van der Waals surface area contributed by atoms with Gasteiger partial charge in [-0.3, -0.25) is 0 Å². The number of methoxy groups -OCH3 is 2. The Labute approximate surface area is 110 Å². The van der Waals surface area contributed by atoms with Crippen LogP contribution in [0.3, 0.4) is 0 Å². The van der Waals surface area contributed by atoms with Gasteiger partial charge in [0, 0.05) is 14.2 Å². The predicted octanol–water partition coefficient (Wildman–Crippen LogP) is 2.84. The van der Waals surface area contributed by atoms with Gasteiger partial charge in [0.1, 0.15) is 5.60 Å². The van der Waals surface area contributed by atoms with Crippen molar-refractivity contribution in [2.24, 2.45) is 0 Å². The van der Waals surface area contributed by atoms with E-state index in [1.807, 2.05) is 20.8 Å². The van der Waals surface area contributed by atoms with Crippen molar-refractivity contribution in [3.05, 3.63) is 24.3 Å². The molecular weight excluding hydrogens is 232 g/mol. The first-order chi connectivity index (χ1) is 8.38. The highest BCUT2D eigenvalue weighted by molar-refractivity contribution is 5.73. The summed E-state index contributed by atoms with van der Waals surface area (Å²) in [6, 6.07) is 0. The Morgan fingerprint density at radius 1 is 1.33 bits per heavy atom. The molecule has 0 radical (unpaired) electrons.